The van der Waals surface area contributed by atoms with E-state index in [0.717, 1.165) is 38.2 Å². The highest BCUT2D eigenvalue weighted by molar-refractivity contribution is 6.30. The highest BCUT2D eigenvalue weighted by Gasteiger charge is 2.31. The van der Waals surface area contributed by atoms with Crippen LogP contribution in [0.15, 0.2) is 54.6 Å². The van der Waals surface area contributed by atoms with Gasteiger partial charge in [0, 0.05) is 49.5 Å². The average Bonchev–Trinajstić information content (AvgIpc) is 3.11. The molecule has 4 rings (SSSR count). The Morgan fingerprint density at radius 3 is 2.37 bits per heavy atom. The Balaban J connectivity index is 1.22. The van der Waals surface area contributed by atoms with Gasteiger partial charge in [0.05, 0.1) is 0 Å². The van der Waals surface area contributed by atoms with E-state index in [1.807, 2.05) is 18.2 Å². The van der Waals surface area contributed by atoms with Crippen LogP contribution in [-0.4, -0.2) is 60.5 Å². The van der Waals surface area contributed by atoms with Crippen LogP contribution in [-0.2, 0) is 11.3 Å². The van der Waals surface area contributed by atoms with Crippen molar-refractivity contribution in [3.05, 3.63) is 65.2 Å². The third-order valence-electron chi connectivity index (χ3n) is 5.77. The summed E-state index contributed by atoms with van der Waals surface area (Å²) in [7, 11) is 0. The minimum absolute atomic E-state index is 0.0807. The first kappa shape index (κ1) is 20.7. The Morgan fingerprint density at radius 2 is 1.67 bits per heavy atom. The van der Waals surface area contributed by atoms with E-state index < -0.39 is 0 Å². The van der Waals surface area contributed by atoms with Crippen LogP contribution in [0.4, 0.5) is 10.5 Å². The van der Waals surface area contributed by atoms with Gasteiger partial charge in [-0.1, -0.05) is 41.9 Å². The number of rotatable bonds is 6. The molecule has 30 heavy (non-hydrogen) atoms. The predicted octanol–water partition coefficient (Wildman–Crippen LogP) is 3.36. The van der Waals surface area contributed by atoms with Gasteiger partial charge < -0.3 is 10.2 Å². The number of likely N-dealkylation sites (tertiary alicyclic amines) is 1. The highest BCUT2D eigenvalue weighted by Crippen LogP contribution is 2.22. The molecule has 0 unspecified atom stereocenters. The number of benzene rings is 2. The maximum atomic E-state index is 12.7. The van der Waals surface area contributed by atoms with Crippen LogP contribution in [0.2, 0.25) is 5.02 Å². The fourth-order valence-electron chi connectivity index (χ4n) is 4.11. The molecule has 0 atom stereocenters. The van der Waals surface area contributed by atoms with Crippen molar-refractivity contribution in [2.24, 2.45) is 0 Å². The predicted molar refractivity (Wildman–Crippen MR) is 119 cm³/mol. The number of urea groups is 1. The van der Waals surface area contributed by atoms with Crippen molar-refractivity contribution in [2.45, 2.75) is 25.4 Å². The first-order valence-corrected chi connectivity index (χ1v) is 10.8. The van der Waals surface area contributed by atoms with E-state index in [9.17, 15) is 9.59 Å². The molecule has 0 aliphatic carbocycles. The van der Waals surface area contributed by atoms with Crippen LogP contribution in [0.25, 0.3) is 0 Å². The van der Waals surface area contributed by atoms with Crippen molar-refractivity contribution in [2.75, 3.05) is 37.6 Å². The molecule has 0 spiro atoms. The number of hydrogen-bond acceptors (Lipinski definition) is 3. The summed E-state index contributed by atoms with van der Waals surface area (Å²) in [4.78, 5) is 30.9. The van der Waals surface area contributed by atoms with Gasteiger partial charge in [-0.05, 0) is 42.7 Å². The Kier molecular flexibility index (Phi) is 6.55. The molecule has 1 N–H and O–H groups in total. The van der Waals surface area contributed by atoms with Crippen LogP contribution < -0.4 is 10.2 Å². The second-order valence-corrected chi connectivity index (χ2v) is 8.37. The third-order valence-corrected chi connectivity index (χ3v) is 6.02. The fraction of sp³-hybridized carbons (Fsp3) is 0.391. The molecule has 0 aromatic heterocycles. The molecule has 2 aliphatic heterocycles. The number of hydrogen-bond donors (Lipinski definition) is 1. The average molecular weight is 427 g/mol. The topological polar surface area (TPSA) is 55.9 Å². The quantitative estimate of drug-likeness (QED) is 0.770. The van der Waals surface area contributed by atoms with E-state index in [-0.39, 0.29) is 24.5 Å². The lowest BCUT2D eigenvalue weighted by Crippen LogP contribution is -2.47. The van der Waals surface area contributed by atoms with Crippen LogP contribution in [0, 0.1) is 0 Å². The summed E-state index contributed by atoms with van der Waals surface area (Å²) in [5.41, 5.74) is 2.12. The summed E-state index contributed by atoms with van der Waals surface area (Å²) in [6.07, 6.45) is 1.87. The lowest BCUT2D eigenvalue weighted by molar-refractivity contribution is -0.122. The van der Waals surface area contributed by atoms with Crippen molar-refractivity contribution in [1.82, 2.24) is 15.1 Å². The lowest BCUT2D eigenvalue weighted by Gasteiger charge is -2.32. The number of carbonyl (C=O) groups excluding carboxylic acids is 2. The molecule has 2 heterocycles. The first-order chi connectivity index (χ1) is 14.6. The molecule has 0 radical (unpaired) electrons. The number of anilines is 1. The van der Waals surface area contributed by atoms with E-state index in [2.05, 4.69) is 34.5 Å². The second kappa shape index (κ2) is 9.49. The number of carbonyl (C=O) groups is 2. The monoisotopic (exact) mass is 426 g/mol. The zero-order chi connectivity index (χ0) is 20.9. The molecule has 7 heteroatoms. The van der Waals surface area contributed by atoms with Crippen LogP contribution in [0.3, 0.4) is 0 Å². The van der Waals surface area contributed by atoms with Crippen molar-refractivity contribution in [1.29, 1.82) is 0 Å². The van der Waals surface area contributed by atoms with Crippen LogP contribution >= 0.6 is 11.6 Å². The number of amides is 3. The normalized spacial score (nSPS) is 18.1. The molecular weight excluding hydrogens is 400 g/mol. The zero-order valence-electron chi connectivity index (χ0n) is 17.0. The Morgan fingerprint density at radius 1 is 0.967 bits per heavy atom. The van der Waals surface area contributed by atoms with E-state index >= 15 is 0 Å². The summed E-state index contributed by atoms with van der Waals surface area (Å²) in [6, 6.07) is 17.7. The van der Waals surface area contributed by atoms with Crippen LogP contribution in [0.1, 0.15) is 18.4 Å². The maximum absolute atomic E-state index is 12.7. The fourth-order valence-corrected chi connectivity index (χ4v) is 4.24. The molecule has 2 aromatic carbocycles. The van der Waals surface area contributed by atoms with Gasteiger partial charge in [-0.3, -0.25) is 14.6 Å². The molecule has 2 aliphatic rings. The van der Waals surface area contributed by atoms with Gasteiger partial charge in [-0.2, -0.15) is 0 Å². The number of nitrogens with zero attached hydrogens (tertiary/aromatic N) is 3. The van der Waals surface area contributed by atoms with Crippen molar-refractivity contribution >= 4 is 29.2 Å². The minimum atomic E-state index is -0.134. The van der Waals surface area contributed by atoms with Gasteiger partial charge >= 0.3 is 6.03 Å². The van der Waals surface area contributed by atoms with E-state index in [4.69, 9.17) is 11.6 Å². The Bertz CT molecular complexity index is 867. The highest BCUT2D eigenvalue weighted by atomic mass is 35.5. The molecule has 0 bridgehead atoms. The summed E-state index contributed by atoms with van der Waals surface area (Å²) in [6.45, 7) is 4.10. The molecule has 0 saturated carbocycles. The van der Waals surface area contributed by atoms with Crippen molar-refractivity contribution < 1.29 is 9.59 Å². The standard InChI is InChI=1S/C23H27ClN4O2/c24-19-6-8-21(9-7-19)28-15-14-27(23(28)30)17-22(29)25-20-10-12-26(13-11-20)16-18-4-2-1-3-5-18/h1-9,20H,10-17H2,(H,25,29). The molecule has 3 amide bonds. The third kappa shape index (κ3) is 5.12. The van der Waals surface area contributed by atoms with E-state index in [0.29, 0.717) is 18.1 Å². The second-order valence-electron chi connectivity index (χ2n) is 7.94. The molecule has 2 aromatic rings. The maximum Gasteiger partial charge on any atom is 0.325 e. The summed E-state index contributed by atoms with van der Waals surface area (Å²) < 4.78 is 0. The number of nitrogens with one attached hydrogen (secondary N) is 1. The van der Waals surface area contributed by atoms with Crippen LogP contribution in [0.5, 0.6) is 0 Å². The lowest BCUT2D eigenvalue weighted by atomic mass is 10.0. The summed E-state index contributed by atoms with van der Waals surface area (Å²) >= 11 is 5.92. The minimum Gasteiger partial charge on any atom is -0.352 e. The van der Waals surface area contributed by atoms with Crippen molar-refractivity contribution in [3.8, 4) is 0 Å². The first-order valence-electron chi connectivity index (χ1n) is 10.5. The number of halogens is 1. The zero-order valence-corrected chi connectivity index (χ0v) is 17.7. The van der Waals surface area contributed by atoms with Crippen molar-refractivity contribution in [3.63, 3.8) is 0 Å². The molecule has 2 fully saturated rings. The van der Waals surface area contributed by atoms with Gasteiger partial charge in [0.25, 0.3) is 0 Å². The molecule has 158 valence electrons. The summed E-state index contributed by atoms with van der Waals surface area (Å²) in [5, 5.41) is 3.75. The molecule has 6 nitrogen and oxygen atoms in total. The van der Waals surface area contributed by atoms with Gasteiger partial charge in [0.1, 0.15) is 6.54 Å². The smallest absolute Gasteiger partial charge is 0.325 e. The van der Waals surface area contributed by atoms with E-state index in [1.54, 1.807) is 21.9 Å². The molecule has 2 saturated heterocycles. The van der Waals surface area contributed by atoms with Gasteiger partial charge in [-0.25, -0.2) is 4.79 Å². The number of piperidine rings is 1. The SMILES string of the molecule is O=C(CN1CCN(c2ccc(Cl)cc2)C1=O)NC1CCN(Cc2ccccc2)CC1. The molecular formula is C23H27ClN4O2. The van der Waals surface area contributed by atoms with E-state index in [1.165, 1.54) is 5.56 Å². The van der Waals surface area contributed by atoms with Gasteiger partial charge in [0.2, 0.25) is 5.91 Å². The van der Waals surface area contributed by atoms with Gasteiger partial charge in [0.15, 0.2) is 0 Å². The van der Waals surface area contributed by atoms with Gasteiger partial charge in [-0.15, -0.1) is 0 Å². The largest absolute Gasteiger partial charge is 0.352 e. The Hall–Kier alpha value is -2.57. The summed E-state index contributed by atoms with van der Waals surface area (Å²) in [5.74, 6) is -0.0807. The Labute approximate surface area is 182 Å².